The maximum atomic E-state index is 6.05. The molecule has 0 aliphatic rings. The quantitative estimate of drug-likeness (QED) is 0.716. The van der Waals surface area contributed by atoms with Gasteiger partial charge in [0.1, 0.15) is 0 Å². The molecule has 21 heavy (non-hydrogen) atoms. The van der Waals surface area contributed by atoms with Crippen molar-refractivity contribution in [1.29, 1.82) is 0 Å². The van der Waals surface area contributed by atoms with Crippen molar-refractivity contribution < 1.29 is 4.74 Å². The number of aromatic amines is 1. The zero-order chi connectivity index (χ0) is 14.8. The van der Waals surface area contributed by atoms with E-state index in [-0.39, 0.29) is 0 Å². The van der Waals surface area contributed by atoms with Crippen molar-refractivity contribution in [2.75, 3.05) is 13.7 Å². The van der Waals surface area contributed by atoms with Crippen molar-refractivity contribution in [3.63, 3.8) is 0 Å². The molecule has 0 aliphatic heterocycles. The number of H-pyrrole nitrogens is 1. The van der Waals surface area contributed by atoms with Crippen LogP contribution in [-0.4, -0.2) is 23.3 Å². The third kappa shape index (κ3) is 2.75. The van der Waals surface area contributed by atoms with Crippen molar-refractivity contribution in [2.24, 2.45) is 0 Å². The summed E-state index contributed by atoms with van der Waals surface area (Å²) in [6.45, 7) is 0.679. The van der Waals surface area contributed by atoms with Crippen LogP contribution in [0.2, 0.25) is 5.02 Å². The van der Waals surface area contributed by atoms with Crippen molar-refractivity contribution in [1.82, 2.24) is 9.55 Å². The Morgan fingerprint density at radius 2 is 2.05 bits per heavy atom. The molecule has 3 aromatic rings. The molecule has 0 saturated carbocycles. The molecule has 0 bridgehead atoms. The minimum Gasteiger partial charge on any atom is -0.384 e. The van der Waals surface area contributed by atoms with Gasteiger partial charge in [-0.25, -0.2) is 0 Å². The Bertz CT molecular complexity index is 838. The van der Waals surface area contributed by atoms with Gasteiger partial charge in [-0.15, -0.1) is 0 Å². The fourth-order valence-electron chi connectivity index (χ4n) is 2.48. The Labute approximate surface area is 133 Å². The molecule has 0 unspecified atom stereocenters. The number of imidazole rings is 1. The molecule has 0 spiro atoms. The summed E-state index contributed by atoms with van der Waals surface area (Å²) in [6.07, 6.45) is 0.842. The molecule has 1 N–H and O–H groups in total. The molecule has 108 valence electrons. The molecule has 3 rings (SSSR count). The molecule has 5 heteroatoms. The van der Waals surface area contributed by atoms with Crippen molar-refractivity contribution in [3.8, 4) is 5.69 Å². The number of halogens is 1. The number of methoxy groups -OCH3 is 1. The normalized spacial score (nSPS) is 11.1. The van der Waals surface area contributed by atoms with Crippen LogP contribution in [0.1, 0.15) is 5.56 Å². The van der Waals surface area contributed by atoms with Crippen LogP contribution in [-0.2, 0) is 11.2 Å². The van der Waals surface area contributed by atoms with E-state index in [1.165, 1.54) is 5.56 Å². The second-order valence-electron chi connectivity index (χ2n) is 4.80. The molecule has 0 amide bonds. The monoisotopic (exact) mass is 318 g/mol. The van der Waals surface area contributed by atoms with Gasteiger partial charge >= 0.3 is 0 Å². The number of rotatable bonds is 4. The molecule has 1 aromatic heterocycles. The average Bonchev–Trinajstić information content (AvgIpc) is 2.80. The molecule has 0 fully saturated rings. The summed E-state index contributed by atoms with van der Waals surface area (Å²) in [5, 5.41) is 0.693. The molecule has 0 atom stereocenters. The molecule has 3 nitrogen and oxygen atoms in total. The van der Waals surface area contributed by atoms with Crippen LogP contribution in [0.3, 0.4) is 0 Å². The number of para-hydroxylation sites is 1. The summed E-state index contributed by atoms with van der Waals surface area (Å²) in [5.41, 5.74) is 4.24. The van der Waals surface area contributed by atoms with E-state index in [0.29, 0.717) is 16.4 Å². The van der Waals surface area contributed by atoms with E-state index < -0.39 is 0 Å². The zero-order valence-electron chi connectivity index (χ0n) is 11.6. The Kier molecular flexibility index (Phi) is 4.10. The lowest BCUT2D eigenvalue weighted by atomic mass is 10.1. The van der Waals surface area contributed by atoms with E-state index in [1.807, 2.05) is 34.9 Å². The second kappa shape index (κ2) is 6.02. The standard InChI is InChI=1S/C16H15ClN2OS/c1-20-9-8-11-4-2-3-5-14(11)19-15-7-6-12(17)10-13(15)18-16(19)21/h2-7,10H,8-9H2,1H3,(H,18,21). The maximum Gasteiger partial charge on any atom is 0.182 e. The van der Waals surface area contributed by atoms with E-state index in [1.54, 1.807) is 7.11 Å². The van der Waals surface area contributed by atoms with E-state index in [0.717, 1.165) is 23.1 Å². The highest BCUT2D eigenvalue weighted by Gasteiger charge is 2.10. The number of nitrogens with one attached hydrogen (secondary N) is 1. The predicted octanol–water partition coefficient (Wildman–Crippen LogP) is 4.53. The Morgan fingerprint density at radius 3 is 2.86 bits per heavy atom. The van der Waals surface area contributed by atoms with Crippen LogP contribution >= 0.6 is 23.8 Å². The third-order valence-corrected chi connectivity index (χ3v) is 3.97. The largest absolute Gasteiger partial charge is 0.384 e. The zero-order valence-corrected chi connectivity index (χ0v) is 13.2. The molecular formula is C16H15ClN2OS. The number of nitrogens with zero attached hydrogens (tertiary/aromatic N) is 1. The first-order chi connectivity index (χ1) is 10.2. The SMILES string of the molecule is COCCc1ccccc1-n1c(=S)[nH]c2cc(Cl)ccc21. The number of hydrogen-bond donors (Lipinski definition) is 1. The van der Waals surface area contributed by atoms with Gasteiger partial charge in [0.05, 0.1) is 23.3 Å². The van der Waals surface area contributed by atoms with Crippen molar-refractivity contribution in [2.45, 2.75) is 6.42 Å². The minimum atomic E-state index is 0.664. The summed E-state index contributed by atoms with van der Waals surface area (Å²) >= 11 is 11.5. The molecule has 2 aromatic carbocycles. The van der Waals surface area contributed by atoms with Crippen LogP contribution in [0.4, 0.5) is 0 Å². The maximum absolute atomic E-state index is 6.05. The summed E-state index contributed by atoms with van der Waals surface area (Å²) < 4.78 is 7.90. The average molecular weight is 319 g/mol. The topological polar surface area (TPSA) is 29.9 Å². The summed E-state index contributed by atoms with van der Waals surface area (Å²) in [4.78, 5) is 3.21. The number of hydrogen-bond acceptors (Lipinski definition) is 2. The first-order valence-corrected chi connectivity index (χ1v) is 7.47. The van der Waals surface area contributed by atoms with Crippen LogP contribution in [0, 0.1) is 4.77 Å². The number of aromatic nitrogens is 2. The number of fused-ring (bicyclic) bond motifs is 1. The van der Waals surface area contributed by atoms with Gasteiger partial charge in [0, 0.05) is 12.1 Å². The van der Waals surface area contributed by atoms with Crippen LogP contribution in [0.5, 0.6) is 0 Å². The van der Waals surface area contributed by atoms with Gasteiger partial charge in [-0.3, -0.25) is 4.57 Å². The molecular weight excluding hydrogens is 304 g/mol. The minimum absolute atomic E-state index is 0.664. The molecule has 0 aliphatic carbocycles. The predicted molar refractivity (Wildman–Crippen MR) is 89.0 cm³/mol. The molecule has 1 heterocycles. The summed E-state index contributed by atoms with van der Waals surface area (Å²) in [5.74, 6) is 0. The van der Waals surface area contributed by atoms with E-state index in [4.69, 9.17) is 28.6 Å². The van der Waals surface area contributed by atoms with Gasteiger partial charge in [0.2, 0.25) is 0 Å². The van der Waals surface area contributed by atoms with Crippen LogP contribution in [0.25, 0.3) is 16.7 Å². The first kappa shape index (κ1) is 14.3. The fraction of sp³-hybridized carbons (Fsp3) is 0.188. The lowest BCUT2D eigenvalue weighted by Crippen LogP contribution is -2.02. The van der Waals surface area contributed by atoms with Crippen LogP contribution < -0.4 is 0 Å². The van der Waals surface area contributed by atoms with Crippen molar-refractivity contribution in [3.05, 3.63) is 57.8 Å². The van der Waals surface area contributed by atoms with Gasteiger partial charge < -0.3 is 9.72 Å². The van der Waals surface area contributed by atoms with Crippen LogP contribution in [0.15, 0.2) is 42.5 Å². The van der Waals surface area contributed by atoms with Gasteiger partial charge in [-0.1, -0.05) is 29.8 Å². The Hall–Kier alpha value is -1.62. The summed E-state index contributed by atoms with van der Waals surface area (Å²) in [7, 11) is 1.71. The molecule has 0 saturated heterocycles. The molecule has 0 radical (unpaired) electrons. The first-order valence-electron chi connectivity index (χ1n) is 6.68. The highest BCUT2D eigenvalue weighted by Crippen LogP contribution is 2.24. The van der Waals surface area contributed by atoms with E-state index in [2.05, 4.69) is 17.1 Å². The highest BCUT2D eigenvalue weighted by atomic mass is 35.5. The highest BCUT2D eigenvalue weighted by molar-refractivity contribution is 7.71. The van der Waals surface area contributed by atoms with Crippen molar-refractivity contribution >= 4 is 34.9 Å². The van der Waals surface area contributed by atoms with Gasteiger partial charge in [0.25, 0.3) is 0 Å². The number of ether oxygens (including phenoxy) is 1. The smallest absolute Gasteiger partial charge is 0.182 e. The van der Waals surface area contributed by atoms with Gasteiger partial charge in [-0.05, 0) is 48.5 Å². The fourth-order valence-corrected chi connectivity index (χ4v) is 2.95. The Balaban J connectivity index is 2.21. The second-order valence-corrected chi connectivity index (χ2v) is 5.62. The van der Waals surface area contributed by atoms with Gasteiger partial charge in [-0.2, -0.15) is 0 Å². The van der Waals surface area contributed by atoms with E-state index in [9.17, 15) is 0 Å². The lowest BCUT2D eigenvalue weighted by molar-refractivity contribution is 0.202. The van der Waals surface area contributed by atoms with E-state index >= 15 is 0 Å². The lowest BCUT2D eigenvalue weighted by Gasteiger charge is -2.11. The Morgan fingerprint density at radius 1 is 1.24 bits per heavy atom. The summed E-state index contributed by atoms with van der Waals surface area (Å²) in [6, 6.07) is 14.0. The van der Waals surface area contributed by atoms with Gasteiger partial charge in [0.15, 0.2) is 4.77 Å². The third-order valence-electron chi connectivity index (χ3n) is 3.45. The number of benzene rings is 2.